The minimum absolute atomic E-state index is 0.194. The van der Waals surface area contributed by atoms with E-state index in [1.54, 1.807) is 7.11 Å². The van der Waals surface area contributed by atoms with Gasteiger partial charge in [-0.25, -0.2) is 15.8 Å². The van der Waals surface area contributed by atoms with Gasteiger partial charge in [0.05, 0.1) is 12.7 Å². The van der Waals surface area contributed by atoms with E-state index in [4.69, 9.17) is 10.6 Å². The van der Waals surface area contributed by atoms with Crippen LogP contribution < -0.4 is 16.2 Å². The zero-order chi connectivity index (χ0) is 16.2. The molecule has 1 unspecified atom stereocenters. The molecule has 0 aliphatic carbocycles. The van der Waals surface area contributed by atoms with Gasteiger partial charge in [-0.1, -0.05) is 20.8 Å². The predicted octanol–water partition coefficient (Wildman–Crippen LogP) is 0.812. The van der Waals surface area contributed by atoms with Crippen LogP contribution in [0.25, 0.3) is 0 Å². The Hall–Kier alpha value is -1.44. The third-order valence-corrected chi connectivity index (χ3v) is 3.13. The Balaban J connectivity index is 3.15. The number of hydrogen-bond acceptors (Lipinski definition) is 7. The lowest BCUT2D eigenvalue weighted by atomic mass is 9.95. The van der Waals surface area contributed by atoms with Gasteiger partial charge in [-0.3, -0.25) is 0 Å². The van der Waals surface area contributed by atoms with Crippen LogP contribution in [0.5, 0.6) is 0 Å². The number of aliphatic hydroxyl groups is 1. The summed E-state index contributed by atoms with van der Waals surface area (Å²) in [5.41, 5.74) is 3.27. The fourth-order valence-corrected chi connectivity index (χ4v) is 2.00. The van der Waals surface area contributed by atoms with Gasteiger partial charge in [0.15, 0.2) is 0 Å². The molecule has 0 aromatic carbocycles. The summed E-state index contributed by atoms with van der Waals surface area (Å²) in [6, 6.07) is 0. The number of aliphatic hydroxyl groups excluding tert-OH is 1. The summed E-state index contributed by atoms with van der Waals surface area (Å²) < 4.78 is 4.95. The lowest BCUT2D eigenvalue weighted by Crippen LogP contribution is -2.34. The predicted molar refractivity (Wildman–Crippen MR) is 84.4 cm³/mol. The highest BCUT2D eigenvalue weighted by molar-refractivity contribution is 5.58. The third-order valence-electron chi connectivity index (χ3n) is 3.13. The van der Waals surface area contributed by atoms with Gasteiger partial charge in [0.1, 0.15) is 17.5 Å². The third kappa shape index (κ3) is 4.52. The van der Waals surface area contributed by atoms with Crippen molar-refractivity contribution in [3.8, 4) is 0 Å². The van der Waals surface area contributed by atoms with Crippen molar-refractivity contribution in [1.82, 2.24) is 9.97 Å². The maximum absolute atomic E-state index is 9.88. The number of nitrogen functional groups attached to an aromatic ring is 1. The first-order valence-electron chi connectivity index (χ1n) is 6.94. The monoisotopic (exact) mass is 297 g/mol. The minimum atomic E-state index is -0.582. The van der Waals surface area contributed by atoms with Crippen LogP contribution in [0.3, 0.4) is 0 Å². The Morgan fingerprint density at radius 3 is 2.48 bits per heavy atom. The molecule has 1 aromatic rings. The Morgan fingerprint density at radius 2 is 2.00 bits per heavy atom. The van der Waals surface area contributed by atoms with E-state index in [9.17, 15) is 5.11 Å². The van der Waals surface area contributed by atoms with Crippen LogP contribution in [0.15, 0.2) is 0 Å². The first kappa shape index (κ1) is 17.6. The normalized spacial score (nSPS) is 13.1. The highest BCUT2D eigenvalue weighted by Gasteiger charge is 2.23. The Labute approximate surface area is 126 Å². The van der Waals surface area contributed by atoms with Gasteiger partial charge < -0.3 is 20.2 Å². The van der Waals surface area contributed by atoms with Gasteiger partial charge in [-0.2, -0.15) is 0 Å². The van der Waals surface area contributed by atoms with Gasteiger partial charge in [-0.15, -0.1) is 0 Å². The van der Waals surface area contributed by atoms with Gasteiger partial charge >= 0.3 is 0 Å². The second-order valence-electron chi connectivity index (χ2n) is 6.23. The molecule has 120 valence electrons. The van der Waals surface area contributed by atoms with E-state index >= 15 is 0 Å². The van der Waals surface area contributed by atoms with Gasteiger partial charge in [0.2, 0.25) is 0 Å². The minimum Gasteiger partial charge on any atom is -0.389 e. The molecular weight excluding hydrogens is 270 g/mol. The van der Waals surface area contributed by atoms with Crippen molar-refractivity contribution in [2.45, 2.75) is 39.2 Å². The second kappa shape index (κ2) is 7.02. The van der Waals surface area contributed by atoms with E-state index in [1.807, 2.05) is 39.6 Å². The highest BCUT2D eigenvalue weighted by Crippen LogP contribution is 2.27. The number of hydrogen-bond donors (Lipinski definition) is 3. The van der Waals surface area contributed by atoms with Crippen LogP contribution in [0.1, 0.15) is 32.2 Å². The van der Waals surface area contributed by atoms with Crippen molar-refractivity contribution in [3.63, 3.8) is 0 Å². The van der Waals surface area contributed by atoms with Crippen molar-refractivity contribution >= 4 is 11.6 Å². The van der Waals surface area contributed by atoms with Gasteiger partial charge in [0, 0.05) is 31.7 Å². The summed E-state index contributed by atoms with van der Waals surface area (Å²) in [4.78, 5) is 11.0. The van der Waals surface area contributed by atoms with E-state index in [1.165, 1.54) is 0 Å². The smallest absolute Gasteiger partial charge is 0.148 e. The molecular formula is C14H27N5O2. The fourth-order valence-electron chi connectivity index (χ4n) is 2.00. The number of anilines is 2. The van der Waals surface area contributed by atoms with Gasteiger partial charge in [0.25, 0.3) is 0 Å². The number of ether oxygens (including phenoxy) is 1. The van der Waals surface area contributed by atoms with Crippen molar-refractivity contribution in [2.75, 3.05) is 37.6 Å². The lowest BCUT2D eigenvalue weighted by molar-refractivity contribution is 0.0694. The summed E-state index contributed by atoms with van der Waals surface area (Å²) in [6.07, 6.45) is -0.582. The molecule has 0 radical (unpaired) electrons. The average Bonchev–Trinajstić information content (AvgIpc) is 2.37. The summed E-state index contributed by atoms with van der Waals surface area (Å²) in [5, 5.41) is 9.88. The van der Waals surface area contributed by atoms with Crippen LogP contribution in [-0.4, -0.2) is 48.5 Å². The van der Waals surface area contributed by atoms with E-state index in [0.29, 0.717) is 18.2 Å². The van der Waals surface area contributed by atoms with E-state index in [0.717, 1.165) is 11.4 Å². The molecule has 1 aromatic heterocycles. The maximum Gasteiger partial charge on any atom is 0.148 e. The maximum atomic E-state index is 9.88. The summed E-state index contributed by atoms with van der Waals surface area (Å²) in [7, 11) is 3.44. The SMILES string of the molecule is COCC(O)CN(C)c1nc(C(C)(C)C)nc(NN)c1C. The first-order chi connectivity index (χ1) is 9.70. The Kier molecular flexibility index (Phi) is 5.88. The zero-order valence-electron chi connectivity index (χ0n) is 13.8. The number of rotatable bonds is 6. The number of likely N-dealkylation sites (N-methyl/N-ethyl adjacent to an activating group) is 1. The standard InChI is InChI=1S/C14H27N5O2/c1-9-11(18-15)16-13(14(2,3)4)17-12(9)19(5)7-10(20)8-21-6/h10,20H,7-8,15H2,1-6H3,(H,16,17,18). The molecule has 0 saturated carbocycles. The van der Waals surface area contributed by atoms with Crippen LogP contribution in [0.2, 0.25) is 0 Å². The summed E-state index contributed by atoms with van der Waals surface area (Å²) in [6.45, 7) is 8.72. The highest BCUT2D eigenvalue weighted by atomic mass is 16.5. The van der Waals surface area contributed by atoms with Crippen LogP contribution >= 0.6 is 0 Å². The molecule has 0 aliphatic rings. The van der Waals surface area contributed by atoms with Crippen molar-refractivity contribution in [3.05, 3.63) is 11.4 Å². The molecule has 1 rings (SSSR count). The fraction of sp³-hybridized carbons (Fsp3) is 0.714. The van der Waals surface area contributed by atoms with Gasteiger partial charge in [-0.05, 0) is 6.92 Å². The largest absolute Gasteiger partial charge is 0.389 e. The molecule has 0 spiro atoms. The number of nitrogens with two attached hydrogens (primary N) is 1. The molecule has 0 bridgehead atoms. The summed E-state index contributed by atoms with van der Waals surface area (Å²) >= 11 is 0. The molecule has 0 aliphatic heterocycles. The first-order valence-corrected chi connectivity index (χ1v) is 6.94. The molecule has 7 nitrogen and oxygen atoms in total. The Bertz CT molecular complexity index is 473. The molecule has 0 saturated heterocycles. The molecule has 0 fully saturated rings. The molecule has 0 amide bonds. The molecule has 21 heavy (non-hydrogen) atoms. The second-order valence-corrected chi connectivity index (χ2v) is 6.23. The molecule has 4 N–H and O–H groups in total. The van der Waals surface area contributed by atoms with E-state index in [2.05, 4.69) is 15.4 Å². The average molecular weight is 297 g/mol. The lowest BCUT2D eigenvalue weighted by Gasteiger charge is -2.26. The van der Waals surface area contributed by atoms with E-state index < -0.39 is 6.10 Å². The molecule has 1 heterocycles. The zero-order valence-corrected chi connectivity index (χ0v) is 13.8. The summed E-state index contributed by atoms with van der Waals surface area (Å²) in [5.74, 6) is 7.59. The van der Waals surface area contributed by atoms with Crippen molar-refractivity contribution in [2.24, 2.45) is 5.84 Å². The molecule has 7 heteroatoms. The quantitative estimate of drug-likeness (QED) is 0.528. The van der Waals surface area contributed by atoms with Crippen molar-refractivity contribution in [1.29, 1.82) is 0 Å². The van der Waals surface area contributed by atoms with Crippen LogP contribution in [0, 0.1) is 6.92 Å². The number of nitrogens with zero attached hydrogens (tertiary/aromatic N) is 3. The Morgan fingerprint density at radius 1 is 1.38 bits per heavy atom. The van der Waals surface area contributed by atoms with E-state index in [-0.39, 0.29) is 12.0 Å². The number of hydrazine groups is 1. The van der Waals surface area contributed by atoms with Crippen molar-refractivity contribution < 1.29 is 9.84 Å². The number of methoxy groups -OCH3 is 1. The topological polar surface area (TPSA) is 96.5 Å². The number of nitrogens with one attached hydrogen (secondary N) is 1. The van der Waals surface area contributed by atoms with Crippen LogP contribution in [-0.2, 0) is 10.2 Å². The molecule has 1 atom stereocenters. The number of aromatic nitrogens is 2. The van der Waals surface area contributed by atoms with Crippen LogP contribution in [0.4, 0.5) is 11.6 Å².